The minimum atomic E-state index is -1.25. The van der Waals surface area contributed by atoms with Crippen LogP contribution in [0.15, 0.2) is 0 Å². The highest BCUT2D eigenvalue weighted by atomic mass is 32.2. The first-order valence-corrected chi connectivity index (χ1v) is 49.0. The van der Waals surface area contributed by atoms with Crippen molar-refractivity contribution in [2.75, 3.05) is 155 Å². The lowest BCUT2D eigenvalue weighted by Gasteiger charge is -2.31. The van der Waals surface area contributed by atoms with Crippen LogP contribution in [0.4, 0.5) is 0 Å². The van der Waals surface area contributed by atoms with Gasteiger partial charge in [-0.3, -0.25) is 52.7 Å². The van der Waals surface area contributed by atoms with Gasteiger partial charge in [0.05, 0.1) is 0 Å². The van der Waals surface area contributed by atoms with E-state index in [-0.39, 0.29) is 225 Å². The molecule has 0 aliphatic heterocycles. The predicted octanol–water partition coefficient (Wildman–Crippen LogP) is 4.66. The standard InChI is InChI=1S/C89H179N21O11S/c1-3-5-7-9-11-13-15-17-19-21-23-25-27-29-31-33-58-110(59-34-32-30-28-26-24-22-20-18-16-14-12-10-8-6-4-2)80(112)37-60-122-69-78(89(121)109-57-47-99)68-77(88(120)108-56-46-98)67-76(87(119)107-55-45-97)66-75(86(118)106-54-44-96)65-74(85(117)105-53-43-95)64-73(84(116)104-52-42-94)63-72(83(115)103-51-41-93)62-71(82(114)102-50-40-92)61-70(81(113)101-49-39-91)35-36-79(111)100-48-38-90/h70-78H,3-69,90-99H2,1-2H3,(H,100,111)(H,101,113)(H,102,114)(H,103,115)(H,104,116)(H,105,117)(H,106,118)(H,107,119)(H,108,120)(H,109,121). The van der Waals surface area contributed by atoms with Gasteiger partial charge in [-0.1, -0.05) is 206 Å². The van der Waals surface area contributed by atoms with Crippen LogP contribution in [0.1, 0.15) is 290 Å². The second-order valence-electron chi connectivity index (χ2n) is 33.4. The Labute approximate surface area is 739 Å². The molecule has 712 valence electrons. The van der Waals surface area contributed by atoms with Gasteiger partial charge >= 0.3 is 0 Å². The monoisotopic (exact) mass is 1750 g/mol. The number of hydrogen-bond donors (Lipinski definition) is 20. The number of hydrogen-bond acceptors (Lipinski definition) is 22. The third-order valence-corrected chi connectivity index (χ3v) is 23.9. The molecule has 0 saturated carbocycles. The minimum absolute atomic E-state index is 0.0000724. The second kappa shape index (κ2) is 82.1. The van der Waals surface area contributed by atoms with E-state index in [1.54, 1.807) is 0 Å². The highest BCUT2D eigenvalue weighted by molar-refractivity contribution is 7.99. The number of nitrogens with one attached hydrogen (secondary N) is 10. The molecule has 0 aliphatic carbocycles. The third-order valence-electron chi connectivity index (χ3n) is 22.8. The maximum atomic E-state index is 14.9. The van der Waals surface area contributed by atoms with E-state index in [1.165, 1.54) is 179 Å². The fourth-order valence-electron chi connectivity index (χ4n) is 15.8. The van der Waals surface area contributed by atoms with Gasteiger partial charge in [0.25, 0.3) is 0 Å². The second-order valence-corrected chi connectivity index (χ2v) is 34.5. The van der Waals surface area contributed by atoms with Crippen LogP contribution in [-0.4, -0.2) is 225 Å². The van der Waals surface area contributed by atoms with E-state index >= 15 is 0 Å². The molecular weight excluding hydrogens is 1570 g/mol. The Hall–Kier alpha value is -5.88. The lowest BCUT2D eigenvalue weighted by molar-refractivity contribution is -0.133. The van der Waals surface area contributed by atoms with Crippen molar-refractivity contribution in [1.82, 2.24) is 58.1 Å². The molecule has 0 aliphatic rings. The van der Waals surface area contributed by atoms with Crippen molar-refractivity contribution in [1.29, 1.82) is 0 Å². The molecule has 0 fully saturated rings. The highest BCUT2D eigenvalue weighted by Crippen LogP contribution is 2.35. The topological polar surface area (TPSA) is 572 Å². The van der Waals surface area contributed by atoms with E-state index in [1.807, 2.05) is 4.90 Å². The van der Waals surface area contributed by atoms with E-state index in [2.05, 4.69) is 67.0 Å². The molecule has 11 amide bonds. The molecule has 33 heteroatoms. The van der Waals surface area contributed by atoms with Crippen LogP contribution in [0.3, 0.4) is 0 Å². The summed E-state index contributed by atoms with van der Waals surface area (Å²) in [6.45, 7) is 6.89. The lowest BCUT2D eigenvalue weighted by atomic mass is 9.76. The smallest absolute Gasteiger partial charge is 0.224 e. The van der Waals surface area contributed by atoms with Gasteiger partial charge in [0.15, 0.2) is 0 Å². The fourth-order valence-corrected chi connectivity index (χ4v) is 16.9. The quantitative estimate of drug-likeness (QED) is 0.0368. The maximum absolute atomic E-state index is 14.9. The van der Waals surface area contributed by atoms with Crippen molar-refractivity contribution in [3.05, 3.63) is 0 Å². The molecule has 0 saturated heterocycles. The van der Waals surface area contributed by atoms with Crippen LogP contribution in [0.25, 0.3) is 0 Å². The molecule has 30 N–H and O–H groups in total. The van der Waals surface area contributed by atoms with Gasteiger partial charge in [-0.05, 0) is 70.6 Å². The number of unbranched alkanes of at least 4 members (excludes halogenated alkanes) is 30. The van der Waals surface area contributed by atoms with Crippen molar-refractivity contribution in [2.45, 2.75) is 290 Å². The number of thioether (sulfide) groups is 1. The number of nitrogens with two attached hydrogens (primary N) is 10. The molecule has 0 heterocycles. The van der Waals surface area contributed by atoms with Gasteiger partial charge < -0.3 is 115 Å². The summed E-state index contributed by atoms with van der Waals surface area (Å²) >= 11 is 1.44. The van der Waals surface area contributed by atoms with Crippen LogP contribution in [0.2, 0.25) is 0 Å². The average Bonchev–Trinajstić information content (AvgIpc) is 0.837. The first-order chi connectivity index (χ1) is 59.2. The van der Waals surface area contributed by atoms with Crippen LogP contribution >= 0.6 is 11.8 Å². The van der Waals surface area contributed by atoms with E-state index in [9.17, 15) is 52.7 Å². The summed E-state index contributed by atoms with van der Waals surface area (Å²) in [6.07, 6.45) is 38.6. The van der Waals surface area contributed by atoms with E-state index < -0.39 is 101 Å². The molecule has 0 radical (unpaired) electrons. The Bertz CT molecular complexity index is 2650. The Morgan fingerprint density at radius 3 is 0.656 bits per heavy atom. The van der Waals surface area contributed by atoms with Crippen LogP contribution in [0.5, 0.6) is 0 Å². The van der Waals surface area contributed by atoms with Crippen molar-refractivity contribution in [3.8, 4) is 0 Å². The number of rotatable bonds is 87. The molecule has 0 spiro atoms. The molecule has 0 aromatic heterocycles. The Kier molecular flexibility index (Phi) is 78.2. The molecule has 0 aromatic carbocycles. The van der Waals surface area contributed by atoms with Gasteiger partial charge in [0.1, 0.15) is 0 Å². The molecule has 0 aromatic rings. The number of nitrogens with zero attached hydrogens (tertiary/aromatic N) is 1. The molecular formula is C89H179N21O11S. The molecule has 32 nitrogen and oxygen atoms in total. The van der Waals surface area contributed by atoms with E-state index in [0.717, 1.165) is 38.5 Å². The SMILES string of the molecule is CCCCCCCCCCCCCCCCCCN(CCCCCCCCCCCCCCCCCC)C(=O)CCSCC(CC(CC(CC(CC(CC(CC(CC(CC(CCC(=O)NCCN)C(=O)NCCN)C(=O)NCCN)C(=O)NCCN)C(=O)NCCN)C(=O)NCCN)C(=O)NCCN)C(=O)NCCN)C(=O)NCCN)C(=O)NCCN. The largest absolute Gasteiger partial charge is 0.355 e. The van der Waals surface area contributed by atoms with Gasteiger partial charge in [-0.2, -0.15) is 11.8 Å². The molecule has 0 rings (SSSR count). The first kappa shape index (κ1) is 116. The summed E-state index contributed by atoms with van der Waals surface area (Å²) in [5, 5.41) is 28.2. The summed E-state index contributed by atoms with van der Waals surface area (Å²) in [5.41, 5.74) is 59.0. The van der Waals surface area contributed by atoms with Gasteiger partial charge in [0, 0.05) is 222 Å². The molecule has 0 bridgehead atoms. The van der Waals surface area contributed by atoms with Gasteiger partial charge in [0.2, 0.25) is 65.0 Å². The van der Waals surface area contributed by atoms with Gasteiger partial charge in [-0.25, -0.2) is 0 Å². The minimum Gasteiger partial charge on any atom is -0.355 e. The maximum Gasteiger partial charge on any atom is 0.224 e. The summed E-state index contributed by atoms with van der Waals surface area (Å²) < 4.78 is 0. The van der Waals surface area contributed by atoms with Crippen molar-refractivity contribution >= 4 is 76.7 Å². The average molecular weight is 1750 g/mol. The summed E-state index contributed by atoms with van der Waals surface area (Å²) in [5.74, 6) is -14.7. The Balaban J connectivity index is 7.55. The van der Waals surface area contributed by atoms with E-state index in [4.69, 9.17) is 57.3 Å². The Morgan fingerprint density at radius 2 is 0.426 bits per heavy atom. The van der Waals surface area contributed by atoms with Crippen molar-refractivity contribution in [2.24, 2.45) is 111 Å². The molecule has 9 atom stereocenters. The van der Waals surface area contributed by atoms with Crippen LogP contribution in [-0.2, 0) is 52.7 Å². The van der Waals surface area contributed by atoms with Crippen LogP contribution < -0.4 is 111 Å². The first-order valence-electron chi connectivity index (χ1n) is 47.9. The van der Waals surface area contributed by atoms with Crippen molar-refractivity contribution < 1.29 is 52.7 Å². The summed E-state index contributed by atoms with van der Waals surface area (Å²) in [6, 6.07) is 0. The normalized spacial score (nSPS) is 13.6. The summed E-state index contributed by atoms with van der Waals surface area (Å²) in [4.78, 5) is 161. The Morgan fingerprint density at radius 1 is 0.238 bits per heavy atom. The zero-order valence-corrected chi connectivity index (χ0v) is 77.0. The lowest BCUT2D eigenvalue weighted by Crippen LogP contribution is -2.45. The highest BCUT2D eigenvalue weighted by Gasteiger charge is 2.40. The summed E-state index contributed by atoms with van der Waals surface area (Å²) in [7, 11) is 0. The molecule has 122 heavy (non-hydrogen) atoms. The zero-order valence-electron chi connectivity index (χ0n) is 76.2. The number of carbonyl (C=O) groups excluding carboxylic acids is 11. The van der Waals surface area contributed by atoms with E-state index in [0.29, 0.717) is 18.8 Å². The third kappa shape index (κ3) is 61.5. The fraction of sp³-hybridized carbons (Fsp3) is 0.876. The number of amides is 11. The zero-order chi connectivity index (χ0) is 90.3. The number of carbonyl (C=O) groups is 11. The van der Waals surface area contributed by atoms with Crippen molar-refractivity contribution in [3.63, 3.8) is 0 Å². The van der Waals surface area contributed by atoms with Crippen LogP contribution in [0, 0.1) is 53.3 Å². The predicted molar refractivity (Wildman–Crippen MR) is 496 cm³/mol. The van der Waals surface area contributed by atoms with Gasteiger partial charge in [-0.15, -0.1) is 0 Å². The molecule has 9 unspecified atom stereocenters.